The molecule has 1 aliphatic rings. The highest BCUT2D eigenvalue weighted by Crippen LogP contribution is 2.32. The van der Waals surface area contributed by atoms with Gasteiger partial charge in [-0.15, -0.1) is 0 Å². The molecule has 0 aromatic rings. The summed E-state index contributed by atoms with van der Waals surface area (Å²) < 4.78 is 0. The lowest BCUT2D eigenvalue weighted by Gasteiger charge is -2.38. The molecule has 0 bridgehead atoms. The third-order valence-corrected chi connectivity index (χ3v) is 3.17. The minimum atomic E-state index is -1.35. The lowest BCUT2D eigenvalue weighted by atomic mass is 9.75. The Morgan fingerprint density at radius 3 is 2.06 bits per heavy atom. The molecule has 0 radical (unpaired) electrons. The molecule has 0 unspecified atom stereocenters. The fourth-order valence-electron chi connectivity index (χ4n) is 1.74. The van der Waals surface area contributed by atoms with Crippen molar-refractivity contribution in [3.63, 3.8) is 0 Å². The van der Waals surface area contributed by atoms with Crippen LogP contribution in [-0.2, 0) is 4.79 Å². The maximum atomic E-state index is 11.6. The second-order valence-corrected chi connectivity index (χ2v) is 4.70. The molecule has 6 nitrogen and oxygen atoms in total. The van der Waals surface area contributed by atoms with Crippen LogP contribution in [0.15, 0.2) is 0 Å². The number of carbonyl (C=O) groups excluding carboxylic acids is 1. The van der Waals surface area contributed by atoms with Crippen LogP contribution in [0, 0.1) is 0 Å². The van der Waals surface area contributed by atoms with E-state index in [-0.39, 0.29) is 12.3 Å². The van der Waals surface area contributed by atoms with E-state index < -0.39 is 30.9 Å². The number of hydrogen-bond donors (Lipinski definition) is 5. The van der Waals surface area contributed by atoms with Crippen molar-refractivity contribution in [2.75, 3.05) is 19.8 Å². The van der Waals surface area contributed by atoms with E-state index >= 15 is 0 Å². The molecule has 0 aliphatic heterocycles. The zero-order valence-corrected chi connectivity index (χ0v) is 9.28. The molecule has 1 rings (SSSR count). The van der Waals surface area contributed by atoms with Crippen molar-refractivity contribution in [2.45, 2.75) is 36.8 Å². The van der Waals surface area contributed by atoms with Crippen LogP contribution in [-0.4, -0.2) is 52.1 Å². The smallest absolute Gasteiger partial charge is 0.222 e. The molecular weight excluding hydrogens is 212 g/mol. The number of aliphatic hydroxyl groups is 3. The lowest BCUT2D eigenvalue weighted by Crippen LogP contribution is -2.59. The number of aliphatic hydroxyl groups excluding tert-OH is 3. The quantitative estimate of drug-likeness (QED) is 0.366. The molecule has 1 saturated carbocycles. The monoisotopic (exact) mass is 232 g/mol. The summed E-state index contributed by atoms with van der Waals surface area (Å²) in [5, 5.41) is 29.5. The minimum Gasteiger partial charge on any atom is -0.394 e. The normalized spacial score (nSPS) is 19.0. The predicted octanol–water partition coefficient (Wildman–Crippen LogP) is -1.91. The predicted molar refractivity (Wildman–Crippen MR) is 57.5 cm³/mol. The molecule has 0 aromatic carbocycles. The Hall–Kier alpha value is -0.690. The van der Waals surface area contributed by atoms with Gasteiger partial charge in [0, 0.05) is 12.0 Å². The highest BCUT2D eigenvalue weighted by molar-refractivity contribution is 5.78. The van der Waals surface area contributed by atoms with Crippen LogP contribution in [0.25, 0.3) is 0 Å². The molecule has 0 atom stereocenters. The van der Waals surface area contributed by atoms with Crippen molar-refractivity contribution < 1.29 is 20.1 Å². The van der Waals surface area contributed by atoms with Crippen LogP contribution in [0.3, 0.4) is 0 Å². The molecule has 0 saturated heterocycles. The Morgan fingerprint density at radius 1 is 1.25 bits per heavy atom. The molecule has 16 heavy (non-hydrogen) atoms. The fraction of sp³-hybridized carbons (Fsp3) is 0.900. The Balaban J connectivity index is 2.48. The van der Waals surface area contributed by atoms with Crippen LogP contribution in [0.1, 0.15) is 25.7 Å². The summed E-state index contributed by atoms with van der Waals surface area (Å²) in [7, 11) is 0. The molecule has 0 spiro atoms. The van der Waals surface area contributed by atoms with Crippen LogP contribution in [0.4, 0.5) is 0 Å². The summed E-state index contributed by atoms with van der Waals surface area (Å²) in [6.45, 7) is -1.53. The zero-order chi connectivity index (χ0) is 12.2. The van der Waals surface area contributed by atoms with Crippen LogP contribution >= 0.6 is 0 Å². The van der Waals surface area contributed by atoms with E-state index in [4.69, 9.17) is 21.1 Å². The molecule has 6 heteroatoms. The van der Waals surface area contributed by atoms with Crippen LogP contribution in [0.2, 0.25) is 0 Å². The molecule has 94 valence electrons. The van der Waals surface area contributed by atoms with Crippen LogP contribution in [0.5, 0.6) is 0 Å². The van der Waals surface area contributed by atoms with E-state index in [0.29, 0.717) is 0 Å². The number of amides is 1. The second kappa shape index (κ2) is 5.09. The van der Waals surface area contributed by atoms with Gasteiger partial charge in [0.25, 0.3) is 0 Å². The summed E-state index contributed by atoms with van der Waals surface area (Å²) in [4.78, 5) is 11.6. The van der Waals surface area contributed by atoms with Gasteiger partial charge < -0.3 is 26.4 Å². The van der Waals surface area contributed by atoms with Crippen molar-refractivity contribution in [3.8, 4) is 0 Å². The molecule has 1 aliphatic carbocycles. The molecule has 0 heterocycles. The first-order valence-electron chi connectivity index (χ1n) is 5.42. The Bertz CT molecular complexity index is 241. The number of hydrogen-bond acceptors (Lipinski definition) is 5. The van der Waals surface area contributed by atoms with Crippen molar-refractivity contribution in [3.05, 3.63) is 0 Å². The number of nitrogens with two attached hydrogens (primary N) is 1. The van der Waals surface area contributed by atoms with E-state index in [1.807, 2.05) is 0 Å². The SMILES string of the molecule is NC1(CC(=O)NC(CO)(CO)CO)CCC1. The molecular formula is C10H20N2O4. The molecule has 0 aromatic heterocycles. The van der Waals surface area contributed by atoms with Gasteiger partial charge >= 0.3 is 0 Å². The first-order chi connectivity index (χ1) is 7.49. The van der Waals surface area contributed by atoms with E-state index in [0.717, 1.165) is 19.3 Å². The molecule has 1 fully saturated rings. The third kappa shape index (κ3) is 2.91. The van der Waals surface area contributed by atoms with Gasteiger partial charge in [-0.3, -0.25) is 4.79 Å². The standard InChI is InChI=1S/C10H20N2O4/c11-9(2-1-3-9)4-8(16)12-10(5-13,6-14)7-15/h13-15H,1-7,11H2,(H,12,16). The highest BCUT2D eigenvalue weighted by atomic mass is 16.3. The van der Waals surface area contributed by atoms with Gasteiger partial charge in [-0.1, -0.05) is 0 Å². The van der Waals surface area contributed by atoms with Gasteiger partial charge in [0.2, 0.25) is 5.91 Å². The van der Waals surface area contributed by atoms with Crippen molar-refractivity contribution in [1.29, 1.82) is 0 Å². The maximum Gasteiger partial charge on any atom is 0.222 e. The first kappa shape index (κ1) is 13.4. The minimum absolute atomic E-state index is 0.161. The van der Waals surface area contributed by atoms with E-state index in [1.54, 1.807) is 0 Å². The largest absolute Gasteiger partial charge is 0.394 e. The van der Waals surface area contributed by atoms with Gasteiger partial charge in [0.05, 0.1) is 19.8 Å². The van der Waals surface area contributed by atoms with Gasteiger partial charge in [0.15, 0.2) is 0 Å². The topological polar surface area (TPSA) is 116 Å². The summed E-state index contributed by atoms with van der Waals surface area (Å²) >= 11 is 0. The number of rotatable bonds is 6. The Kier molecular flexibility index (Phi) is 4.26. The van der Waals surface area contributed by atoms with Crippen molar-refractivity contribution >= 4 is 5.91 Å². The maximum absolute atomic E-state index is 11.6. The highest BCUT2D eigenvalue weighted by Gasteiger charge is 2.37. The van der Waals surface area contributed by atoms with Gasteiger partial charge in [-0.05, 0) is 19.3 Å². The summed E-state index contributed by atoms with van der Waals surface area (Å²) in [6, 6.07) is 0. The van der Waals surface area contributed by atoms with Crippen molar-refractivity contribution in [1.82, 2.24) is 5.32 Å². The van der Waals surface area contributed by atoms with E-state index in [2.05, 4.69) is 5.32 Å². The number of carbonyl (C=O) groups is 1. The average molecular weight is 232 g/mol. The first-order valence-corrected chi connectivity index (χ1v) is 5.42. The van der Waals surface area contributed by atoms with E-state index in [1.165, 1.54) is 0 Å². The average Bonchev–Trinajstić information content (AvgIpc) is 2.24. The zero-order valence-electron chi connectivity index (χ0n) is 9.28. The number of nitrogens with one attached hydrogen (secondary N) is 1. The molecule has 1 amide bonds. The Morgan fingerprint density at radius 2 is 1.75 bits per heavy atom. The summed E-state index contributed by atoms with van der Waals surface area (Å²) in [5.41, 5.74) is 4.10. The van der Waals surface area contributed by atoms with Gasteiger partial charge in [-0.2, -0.15) is 0 Å². The summed E-state index contributed by atoms with van der Waals surface area (Å²) in [5.74, 6) is -0.348. The van der Waals surface area contributed by atoms with E-state index in [9.17, 15) is 4.79 Å². The second-order valence-electron chi connectivity index (χ2n) is 4.70. The summed E-state index contributed by atoms with van der Waals surface area (Å²) in [6.07, 6.45) is 2.80. The fourth-order valence-corrected chi connectivity index (χ4v) is 1.74. The third-order valence-electron chi connectivity index (χ3n) is 3.17. The van der Waals surface area contributed by atoms with Crippen molar-refractivity contribution in [2.24, 2.45) is 5.73 Å². The lowest BCUT2D eigenvalue weighted by molar-refractivity contribution is -0.127. The van der Waals surface area contributed by atoms with Gasteiger partial charge in [0.1, 0.15) is 5.54 Å². The molecule has 6 N–H and O–H groups in total. The Labute approximate surface area is 94.5 Å². The van der Waals surface area contributed by atoms with Gasteiger partial charge in [-0.25, -0.2) is 0 Å². The van der Waals surface area contributed by atoms with Crippen LogP contribution < -0.4 is 11.1 Å².